The van der Waals surface area contributed by atoms with E-state index in [0.717, 1.165) is 5.56 Å². The van der Waals surface area contributed by atoms with Crippen molar-refractivity contribution in [2.24, 2.45) is 0 Å². The number of rotatable bonds is 4. The van der Waals surface area contributed by atoms with Gasteiger partial charge in [-0.1, -0.05) is 12.1 Å². The predicted molar refractivity (Wildman–Crippen MR) is 115 cm³/mol. The molecule has 2 aliphatic rings. The van der Waals surface area contributed by atoms with E-state index in [1.165, 1.54) is 6.07 Å². The molecule has 32 heavy (non-hydrogen) atoms. The highest BCUT2D eigenvalue weighted by atomic mass is 16.7. The Morgan fingerprint density at radius 2 is 1.81 bits per heavy atom. The molecule has 0 atom stereocenters. The lowest BCUT2D eigenvalue weighted by Crippen LogP contribution is -2.08. The van der Waals surface area contributed by atoms with E-state index in [1.807, 2.05) is 18.2 Å². The van der Waals surface area contributed by atoms with Gasteiger partial charge in [-0.05, 0) is 60.5 Å². The van der Waals surface area contributed by atoms with E-state index >= 15 is 0 Å². The van der Waals surface area contributed by atoms with Gasteiger partial charge in [-0.15, -0.1) is 0 Å². The summed E-state index contributed by atoms with van der Waals surface area (Å²) in [6.07, 6.45) is 1.66. The Hall–Kier alpha value is -4.26. The topological polar surface area (TPSA) is 80.3 Å². The number of benzene rings is 3. The van der Waals surface area contributed by atoms with Crippen LogP contribution in [-0.4, -0.2) is 25.7 Å². The molecule has 0 aliphatic carbocycles. The SMILES string of the molecule is COc1cccc(/C=C2\Oc3cc(OC(=O)c4ccc5c(c4)OCO5)cc(C)c3C2=O)c1. The molecule has 0 spiro atoms. The van der Waals surface area contributed by atoms with Gasteiger partial charge in [0.2, 0.25) is 12.6 Å². The van der Waals surface area contributed by atoms with Crippen molar-refractivity contribution in [2.45, 2.75) is 6.92 Å². The van der Waals surface area contributed by atoms with Gasteiger partial charge in [0, 0.05) is 6.07 Å². The lowest BCUT2D eigenvalue weighted by atomic mass is 10.0. The van der Waals surface area contributed by atoms with Crippen molar-refractivity contribution in [1.29, 1.82) is 0 Å². The maximum absolute atomic E-state index is 12.9. The number of carbonyl (C=O) groups is 2. The molecular weight excluding hydrogens is 412 g/mol. The standard InChI is InChI=1S/C25H18O7/c1-14-8-18(31-25(27)16-6-7-19-20(11-16)30-13-29-19)12-21-23(14)24(26)22(32-21)10-15-4-3-5-17(9-15)28-2/h3-12H,13H2,1-2H3/b22-10-. The predicted octanol–water partition coefficient (Wildman–Crippen LogP) is 4.57. The first kappa shape index (κ1) is 19.7. The van der Waals surface area contributed by atoms with Crippen molar-refractivity contribution in [2.75, 3.05) is 13.9 Å². The first-order chi connectivity index (χ1) is 15.5. The van der Waals surface area contributed by atoms with E-state index in [2.05, 4.69) is 0 Å². The summed E-state index contributed by atoms with van der Waals surface area (Å²) in [5.41, 5.74) is 2.19. The molecule has 0 bridgehead atoms. The summed E-state index contributed by atoms with van der Waals surface area (Å²) in [6, 6.07) is 15.3. The molecule has 0 fully saturated rings. The second-order valence-electron chi connectivity index (χ2n) is 7.29. The zero-order chi connectivity index (χ0) is 22.2. The second-order valence-corrected chi connectivity index (χ2v) is 7.29. The van der Waals surface area contributed by atoms with Crippen LogP contribution in [0, 0.1) is 6.92 Å². The van der Waals surface area contributed by atoms with Gasteiger partial charge in [-0.25, -0.2) is 4.79 Å². The maximum atomic E-state index is 12.9. The van der Waals surface area contributed by atoms with Crippen LogP contribution in [0.2, 0.25) is 0 Å². The summed E-state index contributed by atoms with van der Waals surface area (Å²) < 4.78 is 27.1. The van der Waals surface area contributed by atoms with Crippen LogP contribution >= 0.6 is 0 Å². The number of fused-ring (bicyclic) bond motifs is 2. The molecular formula is C25H18O7. The molecule has 7 nitrogen and oxygen atoms in total. The number of allylic oxidation sites excluding steroid dienone is 1. The van der Waals surface area contributed by atoms with Crippen molar-refractivity contribution in [3.8, 4) is 28.7 Å². The van der Waals surface area contributed by atoms with Gasteiger partial charge in [0.25, 0.3) is 0 Å². The highest BCUT2D eigenvalue weighted by Crippen LogP contribution is 2.38. The second kappa shape index (κ2) is 7.77. The summed E-state index contributed by atoms with van der Waals surface area (Å²) >= 11 is 0. The molecule has 0 saturated carbocycles. The molecule has 0 N–H and O–H groups in total. The highest BCUT2D eigenvalue weighted by Gasteiger charge is 2.30. The zero-order valence-corrected chi connectivity index (χ0v) is 17.3. The summed E-state index contributed by atoms with van der Waals surface area (Å²) in [5, 5.41) is 0. The fourth-order valence-corrected chi connectivity index (χ4v) is 3.61. The number of ketones is 1. The average molecular weight is 430 g/mol. The van der Waals surface area contributed by atoms with Crippen molar-refractivity contribution in [1.82, 2.24) is 0 Å². The zero-order valence-electron chi connectivity index (χ0n) is 17.3. The van der Waals surface area contributed by atoms with Gasteiger partial charge in [0.1, 0.15) is 17.2 Å². The number of esters is 1. The van der Waals surface area contributed by atoms with E-state index in [0.29, 0.717) is 39.7 Å². The monoisotopic (exact) mass is 430 g/mol. The van der Waals surface area contributed by atoms with Crippen LogP contribution in [0.3, 0.4) is 0 Å². The normalized spacial score (nSPS) is 14.8. The van der Waals surface area contributed by atoms with E-state index in [4.69, 9.17) is 23.7 Å². The van der Waals surface area contributed by atoms with Crippen molar-refractivity contribution in [3.63, 3.8) is 0 Å². The summed E-state index contributed by atoms with van der Waals surface area (Å²) in [5.74, 6) is 1.78. The number of methoxy groups -OCH3 is 1. The molecule has 3 aromatic carbocycles. The van der Waals surface area contributed by atoms with E-state index < -0.39 is 5.97 Å². The van der Waals surface area contributed by atoms with Crippen molar-refractivity contribution in [3.05, 3.63) is 82.6 Å². The van der Waals surface area contributed by atoms with Crippen LogP contribution in [0.25, 0.3) is 6.08 Å². The molecule has 3 aromatic rings. The minimum atomic E-state index is -0.556. The first-order valence-electron chi connectivity index (χ1n) is 9.86. The third kappa shape index (κ3) is 3.54. The Bertz CT molecular complexity index is 1290. The molecule has 160 valence electrons. The number of carbonyl (C=O) groups excluding carboxylic acids is 2. The van der Waals surface area contributed by atoms with Gasteiger partial charge < -0.3 is 23.7 Å². The minimum absolute atomic E-state index is 0.120. The molecule has 0 radical (unpaired) electrons. The molecule has 2 heterocycles. The lowest BCUT2D eigenvalue weighted by molar-refractivity contribution is 0.0734. The van der Waals surface area contributed by atoms with E-state index in [1.54, 1.807) is 50.4 Å². The summed E-state index contributed by atoms with van der Waals surface area (Å²) in [4.78, 5) is 25.5. The smallest absolute Gasteiger partial charge is 0.343 e. The molecule has 0 unspecified atom stereocenters. The molecule has 0 aromatic heterocycles. The van der Waals surface area contributed by atoms with Gasteiger partial charge in [0.15, 0.2) is 17.3 Å². The first-order valence-corrected chi connectivity index (χ1v) is 9.86. The number of hydrogen-bond acceptors (Lipinski definition) is 7. The molecule has 0 saturated heterocycles. The summed E-state index contributed by atoms with van der Waals surface area (Å²) in [6.45, 7) is 1.89. The van der Waals surface area contributed by atoms with Crippen LogP contribution < -0.4 is 23.7 Å². The number of ether oxygens (including phenoxy) is 5. The number of hydrogen-bond donors (Lipinski definition) is 0. The van der Waals surface area contributed by atoms with Crippen LogP contribution in [-0.2, 0) is 0 Å². The van der Waals surface area contributed by atoms with Crippen LogP contribution in [0.1, 0.15) is 31.8 Å². The molecule has 5 rings (SSSR count). The van der Waals surface area contributed by atoms with Gasteiger partial charge in [-0.2, -0.15) is 0 Å². The molecule has 2 aliphatic heterocycles. The third-order valence-electron chi connectivity index (χ3n) is 5.15. The summed E-state index contributed by atoms with van der Waals surface area (Å²) in [7, 11) is 1.58. The third-order valence-corrected chi connectivity index (χ3v) is 5.15. The minimum Gasteiger partial charge on any atom is -0.497 e. The number of aryl methyl sites for hydroxylation is 1. The van der Waals surface area contributed by atoms with Crippen molar-refractivity contribution >= 4 is 17.8 Å². The van der Waals surface area contributed by atoms with Gasteiger partial charge >= 0.3 is 5.97 Å². The van der Waals surface area contributed by atoms with Crippen LogP contribution in [0.4, 0.5) is 0 Å². The quantitative estimate of drug-likeness (QED) is 0.341. The Morgan fingerprint density at radius 3 is 2.66 bits per heavy atom. The largest absolute Gasteiger partial charge is 0.497 e. The fraction of sp³-hybridized carbons (Fsp3) is 0.120. The van der Waals surface area contributed by atoms with E-state index in [-0.39, 0.29) is 24.1 Å². The van der Waals surface area contributed by atoms with Gasteiger partial charge in [-0.3, -0.25) is 4.79 Å². The van der Waals surface area contributed by atoms with Gasteiger partial charge in [0.05, 0.1) is 18.2 Å². The Balaban J connectivity index is 1.39. The van der Waals surface area contributed by atoms with Crippen LogP contribution in [0.15, 0.2) is 60.4 Å². The Morgan fingerprint density at radius 1 is 0.969 bits per heavy atom. The van der Waals surface area contributed by atoms with Crippen LogP contribution in [0.5, 0.6) is 28.7 Å². The Labute approximate surface area is 183 Å². The Kier molecular flexibility index (Phi) is 4.78. The fourth-order valence-electron chi connectivity index (χ4n) is 3.61. The molecule has 7 heteroatoms. The molecule has 0 amide bonds. The maximum Gasteiger partial charge on any atom is 0.343 e. The lowest BCUT2D eigenvalue weighted by Gasteiger charge is -2.08. The highest BCUT2D eigenvalue weighted by molar-refractivity contribution is 6.15. The van der Waals surface area contributed by atoms with E-state index in [9.17, 15) is 9.59 Å². The average Bonchev–Trinajstić information content (AvgIpc) is 3.38. The van der Waals surface area contributed by atoms with Crippen molar-refractivity contribution < 1.29 is 33.3 Å². The number of Topliss-reactive ketones (excluding diaryl/α,β-unsaturated/α-hetero) is 1.